The summed E-state index contributed by atoms with van der Waals surface area (Å²) in [6.45, 7) is 1.50. The summed E-state index contributed by atoms with van der Waals surface area (Å²) in [5.41, 5.74) is 9.52. The number of carbonyl (C=O) groups is 1. The highest BCUT2D eigenvalue weighted by atomic mass is 79.9. The summed E-state index contributed by atoms with van der Waals surface area (Å²) in [5, 5.41) is 7.91. The number of hydrogen-bond donors (Lipinski definition) is 0. The van der Waals surface area contributed by atoms with Crippen LogP contribution in [0.1, 0.15) is 12.0 Å². The highest BCUT2D eigenvalue weighted by Gasteiger charge is 2.31. The molecule has 0 saturated carbocycles. The van der Waals surface area contributed by atoms with Gasteiger partial charge in [0.15, 0.2) is 0 Å². The van der Waals surface area contributed by atoms with Crippen LogP contribution in [0.15, 0.2) is 46.1 Å². The Balaban J connectivity index is 1.76. The molecule has 118 valence electrons. The molecule has 1 atom stereocenters. The van der Waals surface area contributed by atoms with Crippen molar-refractivity contribution in [1.82, 2.24) is 9.78 Å². The molecule has 0 N–H and O–H groups in total. The summed E-state index contributed by atoms with van der Waals surface area (Å²) in [6, 6.07) is 9.84. The summed E-state index contributed by atoms with van der Waals surface area (Å²) in [7, 11) is 0. The van der Waals surface area contributed by atoms with Crippen molar-refractivity contribution in [3.8, 4) is 0 Å². The van der Waals surface area contributed by atoms with Gasteiger partial charge in [0.2, 0.25) is 5.91 Å². The van der Waals surface area contributed by atoms with E-state index in [1.807, 2.05) is 35.0 Å². The largest absolute Gasteiger partial charge is 0.297 e. The van der Waals surface area contributed by atoms with E-state index in [1.165, 1.54) is 0 Å². The molecular weight excluding hydrogens is 360 g/mol. The van der Waals surface area contributed by atoms with Gasteiger partial charge in [0, 0.05) is 35.0 Å². The molecule has 1 aromatic heterocycles. The highest BCUT2D eigenvalue weighted by molar-refractivity contribution is 9.10. The second-order valence-corrected chi connectivity index (χ2v) is 6.38. The number of anilines is 1. The van der Waals surface area contributed by atoms with Gasteiger partial charge < -0.3 is 0 Å². The van der Waals surface area contributed by atoms with E-state index in [0.29, 0.717) is 26.1 Å². The van der Waals surface area contributed by atoms with Crippen LogP contribution in [0.3, 0.4) is 0 Å². The molecule has 1 saturated heterocycles. The molecule has 1 aliphatic heterocycles. The summed E-state index contributed by atoms with van der Waals surface area (Å²) in [4.78, 5) is 16.7. The monoisotopic (exact) mass is 374 g/mol. The van der Waals surface area contributed by atoms with Gasteiger partial charge in [-0.25, -0.2) is 4.68 Å². The minimum Gasteiger partial charge on any atom is -0.297 e. The number of carbonyl (C=O) groups excluding carboxylic acids is 1. The van der Waals surface area contributed by atoms with Crippen LogP contribution >= 0.6 is 15.9 Å². The maximum absolute atomic E-state index is 12.2. The van der Waals surface area contributed by atoms with Crippen LogP contribution in [0.4, 0.5) is 5.82 Å². The molecule has 0 radical (unpaired) electrons. The maximum atomic E-state index is 12.2. The molecule has 0 bridgehead atoms. The third-order valence-electron chi connectivity index (χ3n) is 3.82. The number of rotatable bonds is 5. The van der Waals surface area contributed by atoms with E-state index < -0.39 is 0 Å². The topological polar surface area (TPSA) is 86.9 Å². The van der Waals surface area contributed by atoms with Crippen molar-refractivity contribution in [1.29, 1.82) is 0 Å². The first-order valence-corrected chi connectivity index (χ1v) is 8.04. The van der Waals surface area contributed by atoms with Crippen molar-refractivity contribution in [2.75, 3.05) is 18.0 Å². The summed E-state index contributed by atoms with van der Waals surface area (Å²) in [5.74, 6) is 0.886. The minimum atomic E-state index is 0.0423. The molecule has 7 nitrogen and oxygen atoms in total. The average Bonchev–Trinajstić information content (AvgIpc) is 3.13. The fraction of sp³-hybridized carbons (Fsp3) is 0.333. The van der Waals surface area contributed by atoms with E-state index in [0.717, 1.165) is 15.9 Å². The second kappa shape index (κ2) is 6.85. The van der Waals surface area contributed by atoms with Crippen LogP contribution < -0.4 is 4.90 Å². The van der Waals surface area contributed by atoms with Crippen LogP contribution in [0.2, 0.25) is 0 Å². The van der Waals surface area contributed by atoms with Crippen LogP contribution in [-0.2, 0) is 11.3 Å². The van der Waals surface area contributed by atoms with Crippen molar-refractivity contribution in [2.45, 2.75) is 13.0 Å². The van der Waals surface area contributed by atoms with Crippen molar-refractivity contribution in [2.24, 2.45) is 11.0 Å². The number of hydrogen-bond acceptors (Lipinski definition) is 3. The predicted molar refractivity (Wildman–Crippen MR) is 89.9 cm³/mol. The normalized spacial score (nSPS) is 17.3. The van der Waals surface area contributed by atoms with Gasteiger partial charge in [-0.2, -0.15) is 5.10 Å². The highest BCUT2D eigenvalue weighted by Crippen LogP contribution is 2.25. The van der Waals surface area contributed by atoms with E-state index in [4.69, 9.17) is 5.53 Å². The lowest BCUT2D eigenvalue weighted by atomic mass is 10.1. The van der Waals surface area contributed by atoms with Gasteiger partial charge in [-0.05, 0) is 29.1 Å². The van der Waals surface area contributed by atoms with Gasteiger partial charge in [0.05, 0.1) is 12.7 Å². The van der Waals surface area contributed by atoms with E-state index in [2.05, 4.69) is 31.1 Å². The van der Waals surface area contributed by atoms with E-state index >= 15 is 0 Å². The lowest BCUT2D eigenvalue weighted by Gasteiger charge is -2.18. The van der Waals surface area contributed by atoms with Crippen LogP contribution in [0.25, 0.3) is 10.4 Å². The summed E-state index contributed by atoms with van der Waals surface area (Å²) in [6.07, 6.45) is 2.10. The zero-order valence-corrected chi connectivity index (χ0v) is 13.9. The molecule has 1 amide bonds. The average molecular weight is 375 g/mol. The number of nitrogens with zero attached hydrogens (tertiary/aromatic N) is 6. The molecular formula is C15H15BrN6O. The lowest BCUT2D eigenvalue weighted by molar-refractivity contribution is -0.117. The molecule has 0 spiro atoms. The Labute approximate surface area is 141 Å². The van der Waals surface area contributed by atoms with Crippen LogP contribution in [0, 0.1) is 5.92 Å². The lowest BCUT2D eigenvalue weighted by Crippen LogP contribution is -2.27. The summed E-state index contributed by atoms with van der Waals surface area (Å²) < 4.78 is 2.84. The molecule has 23 heavy (non-hydrogen) atoms. The maximum Gasteiger partial charge on any atom is 0.228 e. The summed E-state index contributed by atoms with van der Waals surface area (Å²) >= 11 is 3.42. The predicted octanol–water partition coefficient (Wildman–Crippen LogP) is 3.36. The zero-order chi connectivity index (χ0) is 16.2. The van der Waals surface area contributed by atoms with Crippen LogP contribution in [0.5, 0.6) is 0 Å². The third kappa shape index (κ3) is 3.55. The Bertz CT molecular complexity index is 750. The second-order valence-electron chi connectivity index (χ2n) is 5.46. The fourth-order valence-corrected chi connectivity index (χ4v) is 2.98. The van der Waals surface area contributed by atoms with Crippen molar-refractivity contribution >= 4 is 27.7 Å². The molecule has 0 aliphatic carbocycles. The SMILES string of the molecule is [N-]=[N+]=NCC1CC(=O)N(c2ccnn2Cc2ccc(Br)cc2)C1. The Hall–Kier alpha value is -2.31. The number of aromatic nitrogens is 2. The van der Waals surface area contributed by atoms with E-state index in [-0.39, 0.29) is 11.8 Å². The molecule has 1 aliphatic rings. The Morgan fingerprint density at radius 1 is 1.35 bits per heavy atom. The Kier molecular flexibility index (Phi) is 4.64. The van der Waals surface area contributed by atoms with E-state index in [9.17, 15) is 4.79 Å². The number of azide groups is 1. The first-order valence-electron chi connectivity index (χ1n) is 7.25. The van der Waals surface area contributed by atoms with Gasteiger partial charge in [-0.3, -0.25) is 9.69 Å². The quantitative estimate of drug-likeness (QED) is 0.456. The van der Waals surface area contributed by atoms with Gasteiger partial charge in [-0.1, -0.05) is 33.2 Å². The fourth-order valence-electron chi connectivity index (χ4n) is 2.72. The molecule has 1 unspecified atom stereocenters. The zero-order valence-electron chi connectivity index (χ0n) is 12.3. The van der Waals surface area contributed by atoms with Gasteiger partial charge in [0.1, 0.15) is 5.82 Å². The molecule has 8 heteroatoms. The first kappa shape index (κ1) is 15.6. The molecule has 3 rings (SSSR count). The smallest absolute Gasteiger partial charge is 0.228 e. The Morgan fingerprint density at radius 2 is 2.13 bits per heavy atom. The molecule has 2 aromatic rings. The number of amides is 1. The van der Waals surface area contributed by atoms with Gasteiger partial charge in [0.25, 0.3) is 0 Å². The van der Waals surface area contributed by atoms with Crippen molar-refractivity contribution in [3.05, 3.63) is 57.0 Å². The van der Waals surface area contributed by atoms with E-state index in [1.54, 1.807) is 11.1 Å². The van der Waals surface area contributed by atoms with Gasteiger partial charge in [-0.15, -0.1) is 0 Å². The van der Waals surface area contributed by atoms with Gasteiger partial charge >= 0.3 is 0 Å². The first-order chi connectivity index (χ1) is 11.2. The molecule has 2 heterocycles. The van der Waals surface area contributed by atoms with Crippen LogP contribution in [-0.4, -0.2) is 28.8 Å². The van der Waals surface area contributed by atoms with Crippen molar-refractivity contribution in [3.63, 3.8) is 0 Å². The minimum absolute atomic E-state index is 0.0423. The standard InChI is InChI=1S/C15H15BrN6O/c16-13-3-1-11(2-4-13)10-22-14(5-6-19-22)21-9-12(7-15(21)23)8-18-20-17/h1-6,12H,7-10H2. The Morgan fingerprint density at radius 3 is 2.87 bits per heavy atom. The molecule has 1 fully saturated rings. The number of benzene rings is 1. The molecule has 1 aromatic carbocycles. The number of halogens is 1. The van der Waals surface area contributed by atoms with Crippen molar-refractivity contribution < 1.29 is 4.79 Å². The third-order valence-corrected chi connectivity index (χ3v) is 4.35.